The second-order valence-electron chi connectivity index (χ2n) is 3.11. The molecule has 8 nitrogen and oxygen atoms in total. The van der Waals surface area contributed by atoms with Crippen molar-refractivity contribution in [1.29, 1.82) is 0 Å². The van der Waals surface area contributed by atoms with Crippen LogP contribution in [0.25, 0.3) is 11.0 Å². The molecular weight excluding hydrogens is 295 g/mol. The first-order valence-electron chi connectivity index (χ1n) is 4.04. The fourth-order valence-electron chi connectivity index (χ4n) is 1.29. The number of nitrogens with one attached hydrogen (secondary N) is 1. The fourth-order valence-corrected chi connectivity index (χ4v) is 2.58. The molecule has 2 aromatic rings. The molecule has 1 heterocycles. The van der Waals surface area contributed by atoms with Gasteiger partial charge in [-0.3, -0.25) is 9.11 Å². The van der Waals surface area contributed by atoms with Crippen LogP contribution in [0.1, 0.15) is 0 Å². The summed E-state index contributed by atoms with van der Waals surface area (Å²) in [6.07, 6.45) is 2.20. The van der Waals surface area contributed by atoms with Crippen LogP contribution in [0.2, 0.25) is 0 Å². The van der Waals surface area contributed by atoms with Crippen LogP contribution in [0, 0.1) is 6.33 Å². The molecule has 0 aliphatic carbocycles. The molecule has 0 unspecified atom stereocenters. The average molecular weight is 301 g/mol. The molecule has 1 aromatic heterocycles. The molecule has 18 heavy (non-hydrogen) atoms. The van der Waals surface area contributed by atoms with Crippen LogP contribution in [-0.4, -0.2) is 65.5 Å². The van der Waals surface area contributed by atoms with Crippen molar-refractivity contribution in [3.05, 3.63) is 18.5 Å². The van der Waals surface area contributed by atoms with E-state index >= 15 is 0 Å². The zero-order chi connectivity index (χ0) is 12.8. The number of hydrogen-bond donors (Lipinski definition) is 3. The quantitative estimate of drug-likeness (QED) is 0.488. The first-order valence-corrected chi connectivity index (χ1v) is 6.92. The number of hydrogen-bond acceptors (Lipinski definition) is 5. The van der Waals surface area contributed by atoms with Crippen molar-refractivity contribution in [1.82, 2.24) is 9.97 Å². The Morgan fingerprint density at radius 1 is 1.11 bits per heavy atom. The van der Waals surface area contributed by atoms with E-state index in [4.69, 9.17) is 9.11 Å². The molecular formula is C7H6N2NaO6S2. The first-order chi connectivity index (χ1) is 7.69. The summed E-state index contributed by atoms with van der Waals surface area (Å²) in [4.78, 5) is 4.48. The molecule has 1 radical (unpaired) electrons. The molecule has 0 spiro atoms. The summed E-state index contributed by atoms with van der Waals surface area (Å²) in [5, 5.41) is 0. The maximum atomic E-state index is 11.0. The second kappa shape index (κ2) is 4.89. The summed E-state index contributed by atoms with van der Waals surface area (Å²) >= 11 is 0. The van der Waals surface area contributed by atoms with Crippen molar-refractivity contribution >= 4 is 60.8 Å². The average Bonchev–Trinajstić information content (AvgIpc) is 2.59. The molecule has 3 N–H and O–H groups in total. The summed E-state index contributed by atoms with van der Waals surface area (Å²) in [6, 6.07) is 1.57. The summed E-state index contributed by atoms with van der Waals surface area (Å²) < 4.78 is 61.7. The van der Waals surface area contributed by atoms with Crippen molar-refractivity contribution in [2.75, 3.05) is 0 Å². The van der Waals surface area contributed by atoms with Crippen LogP contribution in [0.4, 0.5) is 0 Å². The van der Waals surface area contributed by atoms with Crippen molar-refractivity contribution in [3.8, 4) is 0 Å². The maximum absolute atomic E-state index is 11.0. The number of aromatic nitrogens is 2. The Morgan fingerprint density at radius 3 is 2.22 bits per heavy atom. The van der Waals surface area contributed by atoms with E-state index in [1.807, 2.05) is 0 Å². The number of imidazole rings is 1. The zero-order valence-corrected chi connectivity index (χ0v) is 9.58. The van der Waals surface area contributed by atoms with Crippen LogP contribution in [0.15, 0.2) is 21.9 Å². The van der Waals surface area contributed by atoms with Gasteiger partial charge in [0.05, 0.1) is 15.9 Å². The number of rotatable bonds is 2. The third kappa shape index (κ3) is 2.91. The van der Waals surface area contributed by atoms with Gasteiger partial charge in [-0.25, -0.2) is 4.98 Å². The molecule has 0 saturated carbocycles. The van der Waals surface area contributed by atoms with Gasteiger partial charge in [0.25, 0.3) is 20.2 Å². The van der Waals surface area contributed by atoms with E-state index in [2.05, 4.69) is 16.3 Å². The van der Waals surface area contributed by atoms with E-state index < -0.39 is 30.0 Å². The fraction of sp³-hybridized carbons (Fsp3) is 0. The number of fused-ring (bicyclic) bond motifs is 1. The number of H-pyrrole nitrogens is 1. The van der Waals surface area contributed by atoms with Gasteiger partial charge in [0, 0.05) is 0 Å². The molecule has 0 saturated heterocycles. The zero-order valence-electron chi connectivity index (χ0n) is 7.95. The van der Waals surface area contributed by atoms with Crippen LogP contribution < -0.4 is 0 Å². The van der Waals surface area contributed by atoms with Crippen molar-refractivity contribution < 1.29 is 25.9 Å². The van der Waals surface area contributed by atoms with Gasteiger partial charge in [-0.2, -0.15) is 16.8 Å². The Kier molecular flexibility index (Phi) is 4.23. The van der Waals surface area contributed by atoms with E-state index in [0.717, 1.165) is 6.07 Å². The molecule has 0 atom stereocenters. The number of aromatic amines is 1. The van der Waals surface area contributed by atoms with E-state index in [1.165, 1.54) is 0 Å². The van der Waals surface area contributed by atoms with Gasteiger partial charge in [0.15, 0.2) is 6.33 Å². The Bertz CT molecular complexity index is 794. The minimum absolute atomic E-state index is 0. The molecule has 0 fully saturated rings. The minimum atomic E-state index is -4.65. The summed E-state index contributed by atoms with van der Waals surface area (Å²) in [5.41, 5.74) is -0.160. The standard InChI is InChI=1S/C7H5N2O6S2.Na.H/c10-16(11,12)4-1-5-7(9-3-8-5)6(2-4)17(13,14)15;;/h1-2H,(H,8,9)(H,10,11,12)(H,13,14,15);;. The van der Waals surface area contributed by atoms with E-state index in [0.29, 0.717) is 6.07 Å². The predicted octanol–water partition coefficient (Wildman–Crippen LogP) is -0.792. The first kappa shape index (κ1) is 15.6. The normalized spacial score (nSPS) is 12.3. The Hall–Kier alpha value is -0.490. The van der Waals surface area contributed by atoms with Crippen LogP contribution >= 0.6 is 0 Å². The van der Waals surface area contributed by atoms with Gasteiger partial charge < -0.3 is 4.98 Å². The summed E-state index contributed by atoms with van der Waals surface area (Å²) in [5.74, 6) is 0. The van der Waals surface area contributed by atoms with Crippen LogP contribution in [-0.2, 0) is 20.2 Å². The van der Waals surface area contributed by atoms with Gasteiger partial charge in [-0.15, -0.1) is 0 Å². The van der Waals surface area contributed by atoms with Crippen LogP contribution in [0.3, 0.4) is 0 Å². The topological polar surface area (TPSA) is 137 Å². The monoisotopic (exact) mass is 301 g/mol. The predicted molar refractivity (Wildman–Crippen MR) is 61.7 cm³/mol. The van der Waals surface area contributed by atoms with E-state index in [-0.39, 0.29) is 40.6 Å². The Labute approximate surface area is 124 Å². The molecule has 0 amide bonds. The van der Waals surface area contributed by atoms with Gasteiger partial charge >= 0.3 is 29.6 Å². The van der Waals surface area contributed by atoms with Crippen molar-refractivity contribution in [3.63, 3.8) is 0 Å². The molecule has 0 bridgehead atoms. The van der Waals surface area contributed by atoms with E-state index in [1.54, 1.807) is 0 Å². The molecule has 1 aromatic carbocycles. The van der Waals surface area contributed by atoms with E-state index in [9.17, 15) is 16.8 Å². The van der Waals surface area contributed by atoms with Crippen LogP contribution in [0.5, 0.6) is 0 Å². The van der Waals surface area contributed by atoms with Crippen molar-refractivity contribution in [2.24, 2.45) is 0 Å². The third-order valence-electron chi connectivity index (χ3n) is 1.99. The Morgan fingerprint density at radius 2 is 1.72 bits per heavy atom. The third-order valence-corrected chi connectivity index (χ3v) is 3.70. The van der Waals surface area contributed by atoms with Gasteiger partial charge in [-0.1, -0.05) is 0 Å². The second-order valence-corrected chi connectivity index (χ2v) is 5.93. The molecule has 93 valence electrons. The summed E-state index contributed by atoms with van der Waals surface area (Å²) in [7, 11) is -9.25. The van der Waals surface area contributed by atoms with Gasteiger partial charge in [0.2, 0.25) is 0 Å². The molecule has 0 aliphatic rings. The van der Waals surface area contributed by atoms with Gasteiger partial charge in [-0.05, 0) is 12.1 Å². The van der Waals surface area contributed by atoms with Gasteiger partial charge in [0.1, 0.15) is 4.90 Å². The molecule has 11 heteroatoms. The number of nitrogens with zero attached hydrogens (tertiary/aromatic N) is 1. The SMILES string of the molecule is O=S(=O)(O)c1cc(S(=O)(=O)O)c2[nH][c]nc2c1.[NaH]. The summed E-state index contributed by atoms with van der Waals surface area (Å²) in [6.45, 7) is 0. The molecule has 2 rings (SSSR count). The van der Waals surface area contributed by atoms with Crippen molar-refractivity contribution in [2.45, 2.75) is 9.79 Å². The number of benzene rings is 1. The Balaban J connectivity index is 0.00000162. The molecule has 0 aliphatic heterocycles.